The molecule has 7 nitrogen and oxygen atoms in total. The van der Waals surface area contributed by atoms with E-state index in [2.05, 4.69) is 115 Å². The minimum Gasteiger partial charge on any atom is -0.246 e. The van der Waals surface area contributed by atoms with Gasteiger partial charge in [-0.25, -0.2) is 14.9 Å². The van der Waals surface area contributed by atoms with Crippen molar-refractivity contribution in [2.24, 2.45) is 0 Å². The van der Waals surface area contributed by atoms with Gasteiger partial charge in [0.15, 0.2) is 31.4 Å². The van der Waals surface area contributed by atoms with Gasteiger partial charge in [0.25, 0.3) is 0 Å². The standard InChI is InChI=1S/C54H39N7Si/c1-8-22-40(23-9-1)49-55-50(41-24-10-2-11-25-41)58-53(57-49)61(54-59-51(42-26-12-3-13-27-42)56-52(60-54)43-28-14-4-15-29-43)44-36-38-48(39-37-44)62(45-30-16-5-17-31-45,46-32-18-6-19-33-46)47-34-20-7-21-35-47/h1-39H. The summed E-state index contributed by atoms with van der Waals surface area (Å²) in [6.07, 6.45) is 0. The monoisotopic (exact) mass is 813 g/mol. The Labute approximate surface area is 361 Å². The van der Waals surface area contributed by atoms with Crippen LogP contribution < -0.4 is 25.6 Å². The third-order valence-corrected chi connectivity index (χ3v) is 15.8. The molecule has 0 radical (unpaired) electrons. The summed E-state index contributed by atoms with van der Waals surface area (Å²) in [5.74, 6) is 2.85. The first-order valence-electron chi connectivity index (χ1n) is 20.6. The van der Waals surface area contributed by atoms with Gasteiger partial charge in [-0.1, -0.05) is 224 Å². The van der Waals surface area contributed by atoms with Gasteiger partial charge in [-0.15, -0.1) is 0 Å². The second kappa shape index (κ2) is 17.2. The topological polar surface area (TPSA) is 80.6 Å². The van der Waals surface area contributed by atoms with Gasteiger partial charge in [0.1, 0.15) is 0 Å². The Morgan fingerprint density at radius 2 is 0.484 bits per heavy atom. The molecule has 0 aliphatic carbocycles. The van der Waals surface area contributed by atoms with Crippen LogP contribution in [0.1, 0.15) is 0 Å². The molecular weight excluding hydrogens is 775 g/mol. The van der Waals surface area contributed by atoms with E-state index in [1.807, 2.05) is 126 Å². The number of rotatable bonds is 11. The Hall–Kier alpha value is -8.20. The van der Waals surface area contributed by atoms with Crippen molar-refractivity contribution in [1.29, 1.82) is 0 Å². The van der Waals surface area contributed by atoms with Crippen LogP contribution in [-0.2, 0) is 0 Å². The minimum absolute atomic E-state index is 0.368. The third-order valence-electron chi connectivity index (χ3n) is 11.0. The summed E-state index contributed by atoms with van der Waals surface area (Å²) >= 11 is 0. The van der Waals surface area contributed by atoms with Crippen LogP contribution in [0.5, 0.6) is 0 Å². The average molecular weight is 814 g/mol. The zero-order valence-corrected chi connectivity index (χ0v) is 34.6. The molecular formula is C54H39N7Si. The van der Waals surface area contributed by atoms with Gasteiger partial charge in [0, 0.05) is 22.3 Å². The lowest BCUT2D eigenvalue weighted by atomic mass is 10.2. The van der Waals surface area contributed by atoms with E-state index < -0.39 is 8.07 Å². The van der Waals surface area contributed by atoms with Crippen LogP contribution in [0.4, 0.5) is 17.6 Å². The summed E-state index contributed by atoms with van der Waals surface area (Å²) in [6.45, 7) is 0. The molecule has 62 heavy (non-hydrogen) atoms. The van der Waals surface area contributed by atoms with E-state index in [-0.39, 0.29) is 0 Å². The van der Waals surface area contributed by atoms with E-state index >= 15 is 0 Å². The lowest BCUT2D eigenvalue weighted by molar-refractivity contribution is 0.964. The minimum atomic E-state index is -2.83. The zero-order valence-electron chi connectivity index (χ0n) is 33.6. The molecule has 2 heterocycles. The Morgan fingerprint density at radius 1 is 0.242 bits per heavy atom. The maximum Gasteiger partial charge on any atom is 0.241 e. The van der Waals surface area contributed by atoms with Gasteiger partial charge < -0.3 is 0 Å². The molecule has 0 spiro atoms. The number of hydrogen-bond donors (Lipinski definition) is 0. The molecule has 0 aliphatic rings. The Morgan fingerprint density at radius 3 is 0.758 bits per heavy atom. The van der Waals surface area contributed by atoms with E-state index in [9.17, 15) is 0 Å². The van der Waals surface area contributed by atoms with E-state index in [1.165, 1.54) is 20.7 Å². The van der Waals surface area contributed by atoms with E-state index in [0.717, 1.165) is 27.9 Å². The number of nitrogens with zero attached hydrogens (tertiary/aromatic N) is 7. The molecule has 8 aromatic carbocycles. The van der Waals surface area contributed by atoms with Crippen LogP contribution >= 0.6 is 0 Å². The van der Waals surface area contributed by atoms with Gasteiger partial charge in [0.2, 0.25) is 11.9 Å². The van der Waals surface area contributed by atoms with Crippen LogP contribution in [-0.4, -0.2) is 38.0 Å². The molecule has 2 aromatic heterocycles. The van der Waals surface area contributed by atoms with Crippen LogP contribution in [0.15, 0.2) is 237 Å². The summed E-state index contributed by atoms with van der Waals surface area (Å²) in [5.41, 5.74) is 4.22. The van der Waals surface area contributed by atoms with Crippen LogP contribution in [0.25, 0.3) is 45.6 Å². The molecule has 10 aromatic rings. The van der Waals surface area contributed by atoms with Gasteiger partial charge in [0.05, 0.1) is 5.69 Å². The number of hydrogen-bond acceptors (Lipinski definition) is 7. The second-order valence-electron chi connectivity index (χ2n) is 14.8. The maximum absolute atomic E-state index is 5.21. The summed E-state index contributed by atoms with van der Waals surface area (Å²) < 4.78 is 0. The van der Waals surface area contributed by atoms with Crippen molar-refractivity contribution in [3.8, 4) is 45.6 Å². The Kier molecular flexibility index (Phi) is 10.5. The van der Waals surface area contributed by atoms with Crippen molar-refractivity contribution in [2.45, 2.75) is 0 Å². The number of anilines is 3. The second-order valence-corrected chi connectivity index (χ2v) is 18.6. The van der Waals surface area contributed by atoms with E-state index in [1.54, 1.807) is 0 Å². The Bertz CT molecular complexity index is 2700. The van der Waals surface area contributed by atoms with Crippen LogP contribution in [0, 0.1) is 0 Å². The van der Waals surface area contributed by atoms with Crippen molar-refractivity contribution < 1.29 is 0 Å². The highest BCUT2D eigenvalue weighted by Crippen LogP contribution is 2.34. The highest BCUT2D eigenvalue weighted by Gasteiger charge is 2.41. The van der Waals surface area contributed by atoms with Gasteiger partial charge in [-0.3, -0.25) is 0 Å². The summed E-state index contributed by atoms with van der Waals surface area (Å²) in [7, 11) is -2.83. The molecule has 0 saturated heterocycles. The van der Waals surface area contributed by atoms with Crippen molar-refractivity contribution in [1.82, 2.24) is 29.9 Å². The molecule has 0 N–H and O–H groups in total. The number of benzene rings is 8. The first-order chi connectivity index (χ1) is 30.7. The molecule has 0 atom stereocenters. The molecule has 0 fully saturated rings. The summed E-state index contributed by atoms with van der Waals surface area (Å²) in [6, 6.07) is 81.5. The fourth-order valence-corrected chi connectivity index (χ4v) is 12.8. The van der Waals surface area contributed by atoms with Gasteiger partial charge in [-0.2, -0.15) is 19.9 Å². The smallest absolute Gasteiger partial charge is 0.241 e. The molecule has 8 heteroatoms. The van der Waals surface area contributed by atoms with Crippen LogP contribution in [0.2, 0.25) is 0 Å². The van der Waals surface area contributed by atoms with E-state index in [0.29, 0.717) is 35.2 Å². The molecule has 0 aliphatic heterocycles. The fraction of sp³-hybridized carbons (Fsp3) is 0. The highest BCUT2D eigenvalue weighted by atomic mass is 28.3. The Balaban J connectivity index is 1.24. The van der Waals surface area contributed by atoms with Crippen molar-refractivity contribution in [3.05, 3.63) is 237 Å². The normalized spacial score (nSPS) is 11.2. The van der Waals surface area contributed by atoms with Gasteiger partial charge >= 0.3 is 0 Å². The molecule has 0 amide bonds. The largest absolute Gasteiger partial charge is 0.246 e. The first-order valence-corrected chi connectivity index (χ1v) is 22.6. The summed E-state index contributed by atoms with van der Waals surface area (Å²) in [4.78, 5) is 32.8. The average Bonchev–Trinajstić information content (AvgIpc) is 3.37. The van der Waals surface area contributed by atoms with Gasteiger partial charge in [-0.05, 0) is 32.9 Å². The lowest BCUT2D eigenvalue weighted by Gasteiger charge is -2.34. The van der Waals surface area contributed by atoms with Crippen molar-refractivity contribution in [2.75, 3.05) is 4.90 Å². The summed E-state index contributed by atoms with van der Waals surface area (Å²) in [5, 5.41) is 5.09. The SMILES string of the molecule is c1ccc(-c2nc(-c3ccccc3)nc(N(c3ccc([Si](c4ccccc4)(c4ccccc4)c4ccccc4)cc3)c3nc(-c4ccccc4)nc(-c4ccccc4)n3)n2)cc1. The predicted molar refractivity (Wildman–Crippen MR) is 253 cm³/mol. The van der Waals surface area contributed by atoms with E-state index in [4.69, 9.17) is 29.9 Å². The lowest BCUT2D eigenvalue weighted by Crippen LogP contribution is -2.74. The zero-order chi connectivity index (χ0) is 41.6. The quantitative estimate of drug-likeness (QED) is 0.0951. The highest BCUT2D eigenvalue weighted by molar-refractivity contribution is 7.19. The molecule has 10 rings (SSSR count). The number of aromatic nitrogens is 6. The molecule has 0 saturated carbocycles. The molecule has 294 valence electrons. The van der Waals surface area contributed by atoms with Crippen molar-refractivity contribution in [3.63, 3.8) is 0 Å². The molecule has 0 bridgehead atoms. The van der Waals surface area contributed by atoms with Crippen LogP contribution in [0.3, 0.4) is 0 Å². The maximum atomic E-state index is 5.21. The first kappa shape index (κ1) is 38.0. The van der Waals surface area contributed by atoms with Crippen molar-refractivity contribution >= 4 is 46.4 Å². The fourth-order valence-electron chi connectivity index (χ4n) is 8.04. The third kappa shape index (κ3) is 7.47. The molecule has 0 unspecified atom stereocenters. The predicted octanol–water partition coefficient (Wildman–Crippen LogP) is 9.57.